The molecule has 4 rings (SSSR count). The van der Waals surface area contributed by atoms with Crippen LogP contribution in [0.15, 0.2) is 51.8 Å². The first kappa shape index (κ1) is 22.5. The molecule has 1 fully saturated rings. The molecule has 0 radical (unpaired) electrons. The number of carbonyl (C=O) groups excluding carboxylic acids is 2. The van der Waals surface area contributed by atoms with E-state index in [0.717, 1.165) is 0 Å². The Labute approximate surface area is 202 Å². The lowest BCUT2D eigenvalue weighted by molar-refractivity contribution is -0.117. The predicted molar refractivity (Wildman–Crippen MR) is 123 cm³/mol. The van der Waals surface area contributed by atoms with Gasteiger partial charge in [-0.15, -0.1) is 28.3 Å². The van der Waals surface area contributed by atoms with E-state index in [1.54, 1.807) is 24.3 Å². The van der Waals surface area contributed by atoms with Crippen molar-refractivity contribution < 1.29 is 9.59 Å². The number of benzene rings is 2. The summed E-state index contributed by atoms with van der Waals surface area (Å²) in [6.45, 7) is 0.282. The minimum atomic E-state index is -1.31. The fourth-order valence-electron chi connectivity index (χ4n) is 3.47. The van der Waals surface area contributed by atoms with E-state index in [9.17, 15) is 9.59 Å². The third-order valence-corrected chi connectivity index (χ3v) is 6.69. The highest BCUT2D eigenvalue weighted by Crippen LogP contribution is 2.65. The van der Waals surface area contributed by atoms with Crippen LogP contribution < -0.4 is 5.32 Å². The second kappa shape index (κ2) is 8.68. The summed E-state index contributed by atoms with van der Waals surface area (Å²) in [7, 11) is 0. The SMILES string of the molecule is O=C(CC1=NN=NC1)c1cc(NC(=O)C2C(c3cc(Cl)cc(Cl)c3)C2(Cl)Cl)ccc1Cl. The van der Waals surface area contributed by atoms with Crippen molar-refractivity contribution in [3.05, 3.63) is 62.6 Å². The van der Waals surface area contributed by atoms with Crippen molar-refractivity contribution in [1.29, 1.82) is 0 Å². The molecule has 1 aliphatic carbocycles. The van der Waals surface area contributed by atoms with Crippen molar-refractivity contribution in [1.82, 2.24) is 0 Å². The number of rotatable bonds is 6. The maximum atomic E-state index is 12.9. The number of Topliss-reactive ketones (excluding diaryl/α,β-unsaturated/α-hetero) is 1. The second-order valence-corrected chi connectivity index (χ2v) is 9.90. The van der Waals surface area contributed by atoms with E-state index in [0.29, 0.717) is 27.0 Å². The van der Waals surface area contributed by atoms with Crippen LogP contribution in [0.25, 0.3) is 0 Å². The molecule has 2 aromatic rings. The number of halogens is 5. The van der Waals surface area contributed by atoms with Crippen LogP contribution in [0.2, 0.25) is 15.1 Å². The predicted octanol–water partition coefficient (Wildman–Crippen LogP) is 6.57. The van der Waals surface area contributed by atoms with Crippen LogP contribution in [0, 0.1) is 5.92 Å². The standard InChI is InChI=1S/C20H13Cl5N4O2/c21-10-3-9(4-11(22)5-10)17-18(20(17,24)25)19(31)27-12-1-2-15(23)14(6-12)16(30)7-13-8-26-29-28-13/h1-6,17-18H,7-8H2,(H,27,31). The zero-order valence-corrected chi connectivity index (χ0v) is 19.4. The molecule has 6 nitrogen and oxygen atoms in total. The number of alkyl halides is 2. The lowest BCUT2D eigenvalue weighted by atomic mass is 10.0. The number of hydrogen-bond acceptors (Lipinski definition) is 5. The Hall–Kier alpha value is -1.70. The summed E-state index contributed by atoms with van der Waals surface area (Å²) in [6, 6.07) is 9.56. The number of nitrogens with one attached hydrogen (secondary N) is 1. The van der Waals surface area contributed by atoms with Crippen LogP contribution in [0.3, 0.4) is 0 Å². The number of carbonyl (C=O) groups is 2. The molecule has 1 N–H and O–H groups in total. The van der Waals surface area contributed by atoms with E-state index in [1.807, 2.05) is 0 Å². The quantitative estimate of drug-likeness (QED) is 0.347. The number of nitrogens with zero attached hydrogens (tertiary/aromatic N) is 3. The average Bonchev–Trinajstić information content (AvgIpc) is 2.99. The van der Waals surface area contributed by atoms with Crippen molar-refractivity contribution in [2.24, 2.45) is 21.4 Å². The minimum absolute atomic E-state index is 0.0385. The molecule has 1 saturated carbocycles. The highest BCUT2D eigenvalue weighted by atomic mass is 35.5. The van der Waals surface area contributed by atoms with Crippen molar-refractivity contribution >= 4 is 81.1 Å². The molecule has 0 saturated heterocycles. The van der Waals surface area contributed by atoms with Crippen molar-refractivity contribution in [3.63, 3.8) is 0 Å². The normalized spacial score (nSPS) is 21.0. The number of anilines is 1. The lowest BCUT2D eigenvalue weighted by Crippen LogP contribution is -2.17. The molecule has 2 unspecified atom stereocenters. The maximum Gasteiger partial charge on any atom is 0.231 e. The maximum absolute atomic E-state index is 12.9. The van der Waals surface area contributed by atoms with E-state index in [4.69, 9.17) is 58.0 Å². The molecular weight excluding hydrogens is 506 g/mol. The van der Waals surface area contributed by atoms with Crippen LogP contribution in [0.4, 0.5) is 5.69 Å². The summed E-state index contributed by atoms with van der Waals surface area (Å²) in [4.78, 5) is 25.5. The van der Waals surface area contributed by atoms with Crippen LogP contribution in [-0.4, -0.2) is 28.3 Å². The Bertz CT molecular complexity index is 1130. The summed E-state index contributed by atoms with van der Waals surface area (Å²) >= 11 is 31.1. The van der Waals surface area contributed by atoms with E-state index >= 15 is 0 Å². The van der Waals surface area contributed by atoms with Gasteiger partial charge in [-0.3, -0.25) is 9.59 Å². The molecule has 11 heteroatoms. The van der Waals surface area contributed by atoms with Crippen LogP contribution >= 0.6 is 58.0 Å². The van der Waals surface area contributed by atoms with Crippen LogP contribution in [-0.2, 0) is 4.79 Å². The third-order valence-electron chi connectivity index (χ3n) is 4.98. The van der Waals surface area contributed by atoms with Gasteiger partial charge in [0.15, 0.2) is 5.78 Å². The zero-order valence-electron chi connectivity index (χ0n) is 15.6. The van der Waals surface area contributed by atoms with Gasteiger partial charge in [-0.2, -0.15) is 5.11 Å². The van der Waals surface area contributed by atoms with Gasteiger partial charge >= 0.3 is 0 Å². The van der Waals surface area contributed by atoms with E-state index < -0.39 is 22.1 Å². The molecule has 2 aromatic carbocycles. The average molecular weight is 519 g/mol. The largest absolute Gasteiger partial charge is 0.326 e. The van der Waals surface area contributed by atoms with Crippen LogP contribution in [0.1, 0.15) is 28.3 Å². The highest BCUT2D eigenvalue weighted by molar-refractivity contribution is 6.53. The smallest absolute Gasteiger partial charge is 0.231 e. The second-order valence-electron chi connectivity index (χ2n) is 7.17. The fraction of sp³-hybridized carbons (Fsp3) is 0.250. The topological polar surface area (TPSA) is 83.2 Å². The molecular formula is C20H13Cl5N4O2. The summed E-state index contributed by atoms with van der Waals surface area (Å²) in [6.07, 6.45) is 0.0385. The van der Waals surface area contributed by atoms with Gasteiger partial charge in [-0.05, 0) is 47.2 Å². The number of hydrogen-bond donors (Lipinski definition) is 1. The van der Waals surface area contributed by atoms with E-state index in [1.165, 1.54) is 12.1 Å². The monoisotopic (exact) mass is 516 g/mol. The Kier molecular flexibility index (Phi) is 6.30. The Morgan fingerprint density at radius 1 is 1.06 bits per heavy atom. The van der Waals surface area contributed by atoms with Gasteiger partial charge < -0.3 is 5.32 Å². The Morgan fingerprint density at radius 3 is 2.42 bits per heavy atom. The number of ketones is 1. The molecule has 2 atom stereocenters. The van der Waals surface area contributed by atoms with E-state index in [2.05, 4.69) is 20.8 Å². The van der Waals surface area contributed by atoms with Gasteiger partial charge in [0.2, 0.25) is 5.91 Å². The molecule has 1 amide bonds. The molecule has 0 spiro atoms. The fourth-order valence-corrected chi connectivity index (χ4v) is 5.06. The highest BCUT2D eigenvalue weighted by Gasteiger charge is 2.67. The Balaban J connectivity index is 1.50. The molecule has 1 aliphatic heterocycles. The third kappa shape index (κ3) is 4.73. The van der Waals surface area contributed by atoms with Gasteiger partial charge in [0.25, 0.3) is 0 Å². The van der Waals surface area contributed by atoms with Gasteiger partial charge in [0.1, 0.15) is 10.9 Å². The summed E-state index contributed by atoms with van der Waals surface area (Å²) in [5, 5.41) is 14.9. The van der Waals surface area contributed by atoms with Crippen molar-refractivity contribution in [2.75, 3.05) is 11.9 Å². The molecule has 0 aromatic heterocycles. The van der Waals surface area contributed by atoms with Gasteiger partial charge in [0, 0.05) is 27.2 Å². The van der Waals surface area contributed by atoms with E-state index in [-0.39, 0.29) is 29.3 Å². The minimum Gasteiger partial charge on any atom is -0.326 e. The van der Waals surface area contributed by atoms with Crippen molar-refractivity contribution in [3.8, 4) is 0 Å². The summed E-state index contributed by atoms with van der Waals surface area (Å²) in [5.74, 6) is -1.86. The van der Waals surface area contributed by atoms with Gasteiger partial charge in [-0.1, -0.05) is 34.8 Å². The first-order valence-corrected chi connectivity index (χ1v) is 11.0. The number of amides is 1. The zero-order chi connectivity index (χ0) is 22.3. The Morgan fingerprint density at radius 2 is 1.77 bits per heavy atom. The van der Waals surface area contributed by atoms with Crippen molar-refractivity contribution in [2.45, 2.75) is 16.7 Å². The van der Waals surface area contributed by atoms with Crippen LogP contribution in [0.5, 0.6) is 0 Å². The summed E-state index contributed by atoms with van der Waals surface area (Å²) in [5.41, 5.74) is 1.86. The van der Waals surface area contributed by atoms with Gasteiger partial charge in [-0.25, -0.2) is 0 Å². The molecule has 0 bridgehead atoms. The van der Waals surface area contributed by atoms with Gasteiger partial charge in [0.05, 0.1) is 23.1 Å². The molecule has 31 heavy (non-hydrogen) atoms. The summed E-state index contributed by atoms with van der Waals surface area (Å²) < 4.78 is -1.31. The lowest BCUT2D eigenvalue weighted by Gasteiger charge is -2.09. The molecule has 1 heterocycles. The first-order chi connectivity index (χ1) is 14.7. The first-order valence-electron chi connectivity index (χ1n) is 9.06. The molecule has 2 aliphatic rings. The molecule has 160 valence electrons.